The van der Waals surface area contributed by atoms with Crippen molar-refractivity contribution in [3.8, 4) is 0 Å². The Morgan fingerprint density at radius 2 is 1.76 bits per heavy atom. The van der Waals surface area contributed by atoms with E-state index in [1.54, 1.807) is 0 Å². The molecule has 2 atom stereocenters. The van der Waals surface area contributed by atoms with Gasteiger partial charge in [-0.2, -0.15) is 0 Å². The lowest BCUT2D eigenvalue weighted by molar-refractivity contribution is 0.00225. The molecule has 2 aliphatic heterocycles. The van der Waals surface area contributed by atoms with Crippen LogP contribution in [-0.2, 0) is 15.9 Å². The second kappa shape index (κ2) is 11.9. The molecule has 0 saturated carbocycles. The van der Waals surface area contributed by atoms with Crippen molar-refractivity contribution in [2.75, 3.05) is 19.8 Å². The molecule has 3 heterocycles. The number of aromatic nitrogens is 1. The van der Waals surface area contributed by atoms with Crippen molar-refractivity contribution in [2.24, 2.45) is 10.9 Å². The Hall–Kier alpha value is -3.61. The lowest BCUT2D eigenvalue weighted by atomic mass is 9.88. The summed E-state index contributed by atoms with van der Waals surface area (Å²) in [7, 11) is 0. The first-order valence-corrected chi connectivity index (χ1v) is 15.3. The Labute approximate surface area is 252 Å². The van der Waals surface area contributed by atoms with E-state index in [4.69, 9.17) is 26.1 Å². The van der Waals surface area contributed by atoms with Gasteiger partial charge in [0.2, 0.25) is 0 Å². The minimum absolute atomic E-state index is 0.152. The summed E-state index contributed by atoms with van der Waals surface area (Å²) in [6, 6.07) is 24.2. The monoisotopic (exact) mass is 583 g/mol. The summed E-state index contributed by atoms with van der Waals surface area (Å²) in [5.41, 5.74) is 6.32. The second-order valence-electron chi connectivity index (χ2n) is 12.3. The molecule has 1 saturated heterocycles. The zero-order chi connectivity index (χ0) is 29.3. The van der Waals surface area contributed by atoms with Crippen LogP contribution in [0.3, 0.4) is 0 Å². The number of aromatic amines is 1. The number of aliphatic imine (C=N–C) groups is 1. The summed E-state index contributed by atoms with van der Waals surface area (Å²) >= 11 is 6.76. The summed E-state index contributed by atoms with van der Waals surface area (Å²) in [6.45, 7) is 7.84. The average molecular weight is 584 g/mol. The predicted molar refractivity (Wildman–Crippen MR) is 169 cm³/mol. The number of fused-ring (bicyclic) bond motifs is 3. The predicted octanol–water partition coefficient (Wildman–Crippen LogP) is 8.64. The highest BCUT2D eigenvalue weighted by Crippen LogP contribution is 2.43. The van der Waals surface area contributed by atoms with E-state index in [2.05, 4.69) is 29.2 Å². The normalized spacial score (nSPS) is 18.9. The van der Waals surface area contributed by atoms with Crippen LogP contribution in [0.5, 0.6) is 0 Å². The molecule has 6 nitrogen and oxygen atoms in total. The van der Waals surface area contributed by atoms with E-state index in [1.165, 1.54) is 5.56 Å². The van der Waals surface area contributed by atoms with Crippen LogP contribution in [0.1, 0.15) is 68.5 Å². The summed E-state index contributed by atoms with van der Waals surface area (Å²) in [5.74, 6) is 0.370. The molecule has 2 aliphatic rings. The highest BCUT2D eigenvalue weighted by atomic mass is 35.5. The molecule has 1 fully saturated rings. The number of H-pyrrole nitrogens is 1. The molecule has 0 unspecified atom stereocenters. The third-order valence-electron chi connectivity index (χ3n) is 8.07. The van der Waals surface area contributed by atoms with Crippen LogP contribution < -0.4 is 0 Å². The maximum Gasteiger partial charge on any atom is 0.410 e. The number of amides is 1. The Morgan fingerprint density at radius 3 is 2.38 bits per heavy atom. The molecule has 218 valence electrons. The van der Waals surface area contributed by atoms with E-state index in [0.29, 0.717) is 30.5 Å². The Balaban J connectivity index is 1.48. The molecular formula is C35H38ClN3O3. The first-order valence-electron chi connectivity index (χ1n) is 14.9. The van der Waals surface area contributed by atoms with Gasteiger partial charge in [-0.15, -0.1) is 0 Å². The van der Waals surface area contributed by atoms with Crippen molar-refractivity contribution in [1.82, 2.24) is 9.88 Å². The van der Waals surface area contributed by atoms with Crippen LogP contribution in [0.15, 0.2) is 77.8 Å². The van der Waals surface area contributed by atoms with Gasteiger partial charge in [-0.1, -0.05) is 72.3 Å². The Bertz CT molecular complexity index is 1540. The van der Waals surface area contributed by atoms with Crippen LogP contribution >= 0.6 is 11.6 Å². The number of carbonyl (C=O) groups is 1. The van der Waals surface area contributed by atoms with E-state index in [1.807, 2.05) is 74.2 Å². The second-order valence-corrected chi connectivity index (χ2v) is 12.8. The third kappa shape index (κ3) is 6.11. The van der Waals surface area contributed by atoms with E-state index >= 15 is 0 Å². The van der Waals surface area contributed by atoms with Gasteiger partial charge in [-0.05, 0) is 70.1 Å². The SMILES string of the molecule is CC(C)(C)OC(=O)N1CCc2c([nH]c3c(N=C(c4ccccc4)c4ccccc4)cc(Cl)cc23)[C@@H]1C[C@@H]1CCCOC1. The largest absolute Gasteiger partial charge is 0.444 e. The lowest BCUT2D eigenvalue weighted by Gasteiger charge is -2.39. The number of rotatable bonds is 5. The number of benzene rings is 3. The van der Waals surface area contributed by atoms with Gasteiger partial charge in [0.25, 0.3) is 0 Å². The van der Waals surface area contributed by atoms with Gasteiger partial charge in [-0.25, -0.2) is 9.79 Å². The zero-order valence-corrected chi connectivity index (χ0v) is 25.3. The topological polar surface area (TPSA) is 66.9 Å². The number of ether oxygens (including phenoxy) is 2. The van der Waals surface area contributed by atoms with Gasteiger partial charge in [0, 0.05) is 47.0 Å². The molecule has 0 bridgehead atoms. The molecule has 7 heteroatoms. The first-order chi connectivity index (χ1) is 20.3. The van der Waals surface area contributed by atoms with Gasteiger partial charge >= 0.3 is 6.09 Å². The fourth-order valence-electron chi connectivity index (χ4n) is 6.20. The molecule has 0 aliphatic carbocycles. The van der Waals surface area contributed by atoms with Crippen LogP contribution in [-0.4, -0.2) is 47.0 Å². The van der Waals surface area contributed by atoms with Gasteiger partial charge in [0.15, 0.2) is 0 Å². The highest BCUT2D eigenvalue weighted by Gasteiger charge is 2.37. The van der Waals surface area contributed by atoms with E-state index in [0.717, 1.165) is 65.0 Å². The molecule has 0 radical (unpaired) electrons. The molecule has 6 rings (SSSR count). The zero-order valence-electron chi connectivity index (χ0n) is 24.5. The fourth-order valence-corrected chi connectivity index (χ4v) is 6.42. The lowest BCUT2D eigenvalue weighted by Crippen LogP contribution is -2.44. The molecule has 0 spiro atoms. The molecular weight excluding hydrogens is 546 g/mol. The average Bonchev–Trinajstić information content (AvgIpc) is 3.35. The molecule has 1 N–H and O–H groups in total. The molecule has 1 amide bonds. The minimum Gasteiger partial charge on any atom is -0.444 e. The third-order valence-corrected chi connectivity index (χ3v) is 8.29. The number of halogens is 1. The number of hydrogen-bond donors (Lipinski definition) is 1. The molecule has 1 aromatic heterocycles. The fraction of sp³-hybridized carbons (Fsp3) is 0.371. The van der Waals surface area contributed by atoms with Crippen molar-refractivity contribution in [3.05, 3.63) is 100 Å². The minimum atomic E-state index is -0.572. The van der Waals surface area contributed by atoms with Crippen LogP contribution in [0.25, 0.3) is 10.9 Å². The van der Waals surface area contributed by atoms with Crippen molar-refractivity contribution in [2.45, 2.75) is 58.1 Å². The van der Waals surface area contributed by atoms with Crippen molar-refractivity contribution in [3.63, 3.8) is 0 Å². The van der Waals surface area contributed by atoms with E-state index in [9.17, 15) is 4.79 Å². The standard InChI is InChI=1S/C35H38ClN3O3/c1-35(2,3)42-34(40)39-17-16-27-28-20-26(36)21-29(32(28)38-33(27)30(39)19-23-11-10-18-41-22-23)37-31(24-12-6-4-7-13-24)25-14-8-5-9-15-25/h4-9,12-15,20-21,23,30,38H,10-11,16-19,22H2,1-3H3/t23-,30-/m0/s1. The number of nitrogens with one attached hydrogen (secondary N) is 1. The van der Waals surface area contributed by atoms with Gasteiger partial charge in [-0.3, -0.25) is 4.90 Å². The molecule has 3 aromatic carbocycles. The van der Waals surface area contributed by atoms with Gasteiger partial charge < -0.3 is 14.5 Å². The highest BCUT2D eigenvalue weighted by molar-refractivity contribution is 6.32. The van der Waals surface area contributed by atoms with Gasteiger partial charge in [0.1, 0.15) is 5.60 Å². The number of nitrogens with zero attached hydrogens (tertiary/aromatic N) is 2. The van der Waals surface area contributed by atoms with Gasteiger partial charge in [0.05, 0.1) is 23.0 Å². The smallest absolute Gasteiger partial charge is 0.410 e. The quantitative estimate of drug-likeness (QED) is 0.239. The summed E-state index contributed by atoms with van der Waals surface area (Å²) in [4.78, 5) is 24.4. The van der Waals surface area contributed by atoms with E-state index < -0.39 is 5.60 Å². The van der Waals surface area contributed by atoms with Crippen LogP contribution in [0.2, 0.25) is 5.02 Å². The van der Waals surface area contributed by atoms with Crippen LogP contribution in [0, 0.1) is 5.92 Å². The summed E-state index contributed by atoms with van der Waals surface area (Å²) in [5, 5.41) is 1.70. The number of hydrogen-bond acceptors (Lipinski definition) is 4. The summed E-state index contributed by atoms with van der Waals surface area (Å²) in [6.07, 6.45) is 3.37. The maximum atomic E-state index is 13.5. The Kier molecular flexibility index (Phi) is 8.11. The van der Waals surface area contributed by atoms with Crippen molar-refractivity contribution in [1.29, 1.82) is 0 Å². The van der Waals surface area contributed by atoms with Crippen molar-refractivity contribution >= 4 is 40.0 Å². The first kappa shape index (κ1) is 28.5. The Morgan fingerprint density at radius 1 is 1.07 bits per heavy atom. The van der Waals surface area contributed by atoms with Crippen molar-refractivity contribution < 1.29 is 14.3 Å². The molecule has 42 heavy (non-hydrogen) atoms. The number of carbonyl (C=O) groups excluding carboxylic acids is 1. The van der Waals surface area contributed by atoms with Crippen LogP contribution in [0.4, 0.5) is 10.5 Å². The summed E-state index contributed by atoms with van der Waals surface area (Å²) < 4.78 is 11.7. The maximum absolute atomic E-state index is 13.5. The molecule has 4 aromatic rings. The van der Waals surface area contributed by atoms with E-state index in [-0.39, 0.29) is 12.1 Å².